The molecule has 0 aliphatic rings. The highest BCUT2D eigenvalue weighted by molar-refractivity contribution is 5.30. The second-order valence-electron chi connectivity index (χ2n) is 5.67. The summed E-state index contributed by atoms with van der Waals surface area (Å²) in [6, 6.07) is 7.02. The Morgan fingerprint density at radius 2 is 1.68 bits per heavy atom. The molecule has 0 radical (unpaired) electrons. The number of benzene rings is 1. The standard InChI is InChI=1S/C16H28N2O/c1-12(2)18(7-8-19)6-5-16(17)15-10-13(3)9-14(4)11-15/h9-12,16,19H,5-8,17H2,1-4H3. The first kappa shape index (κ1) is 16.2. The fraction of sp³-hybridized carbons (Fsp3) is 0.625. The molecule has 3 heteroatoms. The molecule has 0 amide bonds. The van der Waals surface area contributed by atoms with E-state index in [4.69, 9.17) is 10.8 Å². The normalized spacial score (nSPS) is 13.3. The van der Waals surface area contributed by atoms with Crippen molar-refractivity contribution in [2.45, 2.75) is 46.2 Å². The van der Waals surface area contributed by atoms with Crippen LogP contribution in [0.15, 0.2) is 18.2 Å². The van der Waals surface area contributed by atoms with Gasteiger partial charge in [-0.1, -0.05) is 29.3 Å². The number of hydrogen-bond acceptors (Lipinski definition) is 3. The van der Waals surface area contributed by atoms with Gasteiger partial charge in [0.1, 0.15) is 0 Å². The van der Waals surface area contributed by atoms with E-state index in [1.54, 1.807) is 0 Å². The number of nitrogens with zero attached hydrogens (tertiary/aromatic N) is 1. The summed E-state index contributed by atoms with van der Waals surface area (Å²) in [7, 11) is 0. The van der Waals surface area contributed by atoms with Crippen LogP contribution in [0.3, 0.4) is 0 Å². The maximum atomic E-state index is 9.07. The highest BCUT2D eigenvalue weighted by atomic mass is 16.3. The highest BCUT2D eigenvalue weighted by Crippen LogP contribution is 2.18. The summed E-state index contributed by atoms with van der Waals surface area (Å²) in [5.41, 5.74) is 10.0. The summed E-state index contributed by atoms with van der Waals surface area (Å²) in [5.74, 6) is 0. The molecule has 0 heterocycles. The Bertz CT molecular complexity index is 370. The van der Waals surface area contributed by atoms with Crippen LogP contribution >= 0.6 is 0 Å². The lowest BCUT2D eigenvalue weighted by molar-refractivity contribution is 0.161. The van der Waals surface area contributed by atoms with Crippen molar-refractivity contribution < 1.29 is 5.11 Å². The van der Waals surface area contributed by atoms with Crippen molar-refractivity contribution in [3.05, 3.63) is 34.9 Å². The SMILES string of the molecule is Cc1cc(C)cc(C(N)CCN(CCO)C(C)C)c1. The number of aliphatic hydroxyl groups excluding tert-OH is 1. The average molecular weight is 264 g/mol. The molecule has 1 rings (SSSR count). The Hall–Kier alpha value is -0.900. The van der Waals surface area contributed by atoms with Crippen LogP contribution in [0, 0.1) is 13.8 Å². The summed E-state index contributed by atoms with van der Waals surface area (Å²) in [4.78, 5) is 2.27. The van der Waals surface area contributed by atoms with Crippen molar-refractivity contribution in [3.63, 3.8) is 0 Å². The zero-order valence-corrected chi connectivity index (χ0v) is 12.7. The lowest BCUT2D eigenvalue weighted by Gasteiger charge is -2.27. The first-order chi connectivity index (χ1) is 8.93. The number of hydrogen-bond donors (Lipinski definition) is 2. The predicted octanol–water partition coefficient (Wildman–Crippen LogP) is 2.40. The number of rotatable bonds is 7. The van der Waals surface area contributed by atoms with Crippen molar-refractivity contribution in [2.75, 3.05) is 19.7 Å². The van der Waals surface area contributed by atoms with Gasteiger partial charge in [0.2, 0.25) is 0 Å². The minimum absolute atomic E-state index is 0.0681. The molecule has 0 aliphatic carbocycles. The van der Waals surface area contributed by atoms with Crippen LogP contribution in [0.25, 0.3) is 0 Å². The average Bonchev–Trinajstić information content (AvgIpc) is 2.32. The van der Waals surface area contributed by atoms with Gasteiger partial charge in [-0.25, -0.2) is 0 Å². The van der Waals surface area contributed by atoms with Crippen LogP contribution in [-0.4, -0.2) is 35.7 Å². The third-order valence-corrected chi connectivity index (χ3v) is 3.52. The summed E-state index contributed by atoms with van der Waals surface area (Å²) >= 11 is 0. The molecule has 0 fully saturated rings. The summed E-state index contributed by atoms with van der Waals surface area (Å²) < 4.78 is 0. The Morgan fingerprint density at radius 1 is 1.11 bits per heavy atom. The van der Waals surface area contributed by atoms with Crippen molar-refractivity contribution >= 4 is 0 Å². The van der Waals surface area contributed by atoms with Crippen molar-refractivity contribution in [1.82, 2.24) is 4.90 Å². The fourth-order valence-electron chi connectivity index (χ4n) is 2.45. The summed E-state index contributed by atoms with van der Waals surface area (Å²) in [6.45, 7) is 10.4. The molecule has 1 aromatic rings. The predicted molar refractivity (Wildman–Crippen MR) is 81.3 cm³/mol. The van der Waals surface area contributed by atoms with E-state index in [0.29, 0.717) is 6.04 Å². The number of aryl methyl sites for hydroxylation is 2. The highest BCUT2D eigenvalue weighted by Gasteiger charge is 2.12. The number of aliphatic hydroxyl groups is 1. The van der Waals surface area contributed by atoms with Gasteiger partial charge in [0.15, 0.2) is 0 Å². The van der Waals surface area contributed by atoms with E-state index >= 15 is 0 Å². The van der Waals surface area contributed by atoms with Gasteiger partial charge < -0.3 is 10.8 Å². The first-order valence-corrected chi connectivity index (χ1v) is 7.12. The second kappa shape index (κ2) is 7.63. The lowest BCUT2D eigenvalue weighted by atomic mass is 9.99. The van der Waals surface area contributed by atoms with Crippen LogP contribution in [-0.2, 0) is 0 Å². The minimum atomic E-state index is 0.0681. The summed E-state index contributed by atoms with van der Waals surface area (Å²) in [6.07, 6.45) is 0.918. The van der Waals surface area contributed by atoms with E-state index in [0.717, 1.165) is 19.5 Å². The Balaban J connectivity index is 2.60. The zero-order chi connectivity index (χ0) is 14.4. The molecule has 1 unspecified atom stereocenters. The molecule has 0 saturated heterocycles. The quantitative estimate of drug-likeness (QED) is 0.795. The third-order valence-electron chi connectivity index (χ3n) is 3.52. The minimum Gasteiger partial charge on any atom is -0.395 e. The van der Waals surface area contributed by atoms with E-state index < -0.39 is 0 Å². The number of nitrogens with two attached hydrogens (primary N) is 1. The zero-order valence-electron chi connectivity index (χ0n) is 12.7. The van der Waals surface area contributed by atoms with Crippen LogP contribution in [0.4, 0.5) is 0 Å². The van der Waals surface area contributed by atoms with Crippen molar-refractivity contribution in [3.8, 4) is 0 Å². The van der Waals surface area contributed by atoms with E-state index in [1.165, 1.54) is 16.7 Å². The van der Waals surface area contributed by atoms with Gasteiger partial charge in [0, 0.05) is 25.2 Å². The Kier molecular flexibility index (Phi) is 6.49. The lowest BCUT2D eigenvalue weighted by Crippen LogP contribution is -2.35. The molecule has 108 valence electrons. The molecule has 0 bridgehead atoms. The van der Waals surface area contributed by atoms with Crippen LogP contribution in [0.5, 0.6) is 0 Å². The Morgan fingerprint density at radius 3 is 2.16 bits per heavy atom. The molecule has 1 aromatic carbocycles. The molecular formula is C16H28N2O. The van der Waals surface area contributed by atoms with Crippen LogP contribution in [0.2, 0.25) is 0 Å². The van der Waals surface area contributed by atoms with Gasteiger partial charge in [-0.15, -0.1) is 0 Å². The maximum absolute atomic E-state index is 9.07. The molecule has 19 heavy (non-hydrogen) atoms. The molecule has 0 aromatic heterocycles. The molecule has 0 saturated carbocycles. The second-order valence-corrected chi connectivity index (χ2v) is 5.67. The third kappa shape index (κ3) is 5.31. The molecule has 3 N–H and O–H groups in total. The van der Waals surface area contributed by atoms with Gasteiger partial charge >= 0.3 is 0 Å². The monoisotopic (exact) mass is 264 g/mol. The molecule has 1 atom stereocenters. The molecular weight excluding hydrogens is 236 g/mol. The molecule has 3 nitrogen and oxygen atoms in total. The maximum Gasteiger partial charge on any atom is 0.0558 e. The fourth-order valence-corrected chi connectivity index (χ4v) is 2.45. The molecule has 0 aliphatic heterocycles. The first-order valence-electron chi connectivity index (χ1n) is 7.12. The topological polar surface area (TPSA) is 49.5 Å². The molecule has 0 spiro atoms. The van der Waals surface area contributed by atoms with Gasteiger partial charge in [-0.3, -0.25) is 4.90 Å². The van der Waals surface area contributed by atoms with E-state index in [-0.39, 0.29) is 12.6 Å². The Labute approximate surface area is 117 Å². The van der Waals surface area contributed by atoms with Gasteiger partial charge in [-0.05, 0) is 39.7 Å². The van der Waals surface area contributed by atoms with E-state index in [9.17, 15) is 0 Å². The van der Waals surface area contributed by atoms with E-state index in [1.807, 2.05) is 0 Å². The van der Waals surface area contributed by atoms with Gasteiger partial charge in [-0.2, -0.15) is 0 Å². The van der Waals surface area contributed by atoms with E-state index in [2.05, 4.69) is 50.8 Å². The van der Waals surface area contributed by atoms with Gasteiger partial charge in [0.25, 0.3) is 0 Å². The van der Waals surface area contributed by atoms with Gasteiger partial charge in [0.05, 0.1) is 6.61 Å². The largest absolute Gasteiger partial charge is 0.395 e. The van der Waals surface area contributed by atoms with Crippen LogP contribution < -0.4 is 5.73 Å². The summed E-state index contributed by atoms with van der Waals surface area (Å²) in [5, 5.41) is 9.07. The van der Waals surface area contributed by atoms with Crippen LogP contribution in [0.1, 0.15) is 43.0 Å². The smallest absolute Gasteiger partial charge is 0.0558 e. The van der Waals surface area contributed by atoms with Crippen molar-refractivity contribution in [2.24, 2.45) is 5.73 Å². The van der Waals surface area contributed by atoms with Crippen molar-refractivity contribution in [1.29, 1.82) is 0 Å².